The van der Waals surface area contributed by atoms with E-state index in [1.54, 1.807) is 31.6 Å². The first kappa shape index (κ1) is 19.9. The van der Waals surface area contributed by atoms with E-state index in [4.69, 9.17) is 4.74 Å². The topological polar surface area (TPSA) is 62.7 Å². The molecule has 0 aliphatic carbocycles. The van der Waals surface area contributed by atoms with E-state index >= 15 is 0 Å². The molecule has 148 valence electrons. The minimum absolute atomic E-state index is 0.0239. The highest BCUT2D eigenvalue weighted by atomic mass is 16.5. The number of hydrogen-bond acceptors (Lipinski definition) is 4. The second kappa shape index (κ2) is 9.35. The van der Waals surface area contributed by atoms with Gasteiger partial charge in [0.15, 0.2) is 0 Å². The van der Waals surface area contributed by atoms with E-state index in [0.29, 0.717) is 43.8 Å². The molecule has 0 spiro atoms. The van der Waals surface area contributed by atoms with Crippen LogP contribution in [-0.2, 0) is 11.2 Å². The number of ether oxygens (including phenoxy) is 1. The predicted octanol–water partition coefficient (Wildman–Crippen LogP) is 2.64. The molecule has 0 radical (unpaired) electrons. The van der Waals surface area contributed by atoms with Crippen molar-refractivity contribution in [3.05, 3.63) is 59.9 Å². The molecule has 0 bridgehead atoms. The van der Waals surface area contributed by atoms with Crippen LogP contribution in [0, 0.1) is 5.92 Å². The van der Waals surface area contributed by atoms with Crippen molar-refractivity contribution >= 4 is 11.8 Å². The summed E-state index contributed by atoms with van der Waals surface area (Å²) in [4.78, 5) is 33.2. The molecule has 28 heavy (non-hydrogen) atoms. The quantitative estimate of drug-likeness (QED) is 0.772. The molecule has 0 atom stereocenters. The number of likely N-dealkylation sites (tertiary alicyclic amines) is 1. The van der Waals surface area contributed by atoms with Crippen LogP contribution in [0.5, 0.6) is 5.75 Å². The lowest BCUT2D eigenvalue weighted by molar-refractivity contribution is -0.135. The molecule has 1 fully saturated rings. The summed E-state index contributed by atoms with van der Waals surface area (Å²) in [6, 6.07) is 11.2. The molecule has 2 amide bonds. The SMILES string of the molecule is COc1ccccc1C(=O)N1CCC(C(=O)N(C)CCc2ccncc2)CC1. The smallest absolute Gasteiger partial charge is 0.257 e. The lowest BCUT2D eigenvalue weighted by Gasteiger charge is -2.33. The molecule has 0 N–H and O–H groups in total. The number of likely N-dealkylation sites (N-methyl/N-ethyl adjacent to an activating group) is 1. The van der Waals surface area contributed by atoms with E-state index < -0.39 is 0 Å². The Balaban J connectivity index is 1.51. The summed E-state index contributed by atoms with van der Waals surface area (Å²) < 4.78 is 5.30. The molecule has 2 aromatic rings. The molecule has 0 unspecified atom stereocenters. The van der Waals surface area contributed by atoms with Gasteiger partial charge in [0.2, 0.25) is 5.91 Å². The van der Waals surface area contributed by atoms with E-state index in [1.807, 2.05) is 41.1 Å². The highest BCUT2D eigenvalue weighted by Gasteiger charge is 2.30. The molecule has 6 heteroatoms. The third kappa shape index (κ3) is 4.68. The predicted molar refractivity (Wildman–Crippen MR) is 107 cm³/mol. The van der Waals surface area contributed by atoms with E-state index in [9.17, 15) is 9.59 Å². The van der Waals surface area contributed by atoms with Crippen LogP contribution in [0.1, 0.15) is 28.8 Å². The van der Waals surface area contributed by atoms with E-state index in [2.05, 4.69) is 4.98 Å². The highest BCUT2D eigenvalue weighted by molar-refractivity contribution is 5.97. The van der Waals surface area contributed by atoms with Crippen molar-refractivity contribution in [2.45, 2.75) is 19.3 Å². The van der Waals surface area contributed by atoms with Gasteiger partial charge in [-0.1, -0.05) is 12.1 Å². The van der Waals surface area contributed by atoms with Crippen molar-refractivity contribution in [2.75, 3.05) is 33.8 Å². The molecular weight excluding hydrogens is 354 g/mol. The Hall–Kier alpha value is -2.89. The third-order valence-corrected chi connectivity index (χ3v) is 5.33. The van der Waals surface area contributed by atoms with Crippen LogP contribution < -0.4 is 4.74 Å². The minimum atomic E-state index is -0.0330. The van der Waals surface area contributed by atoms with Gasteiger partial charge >= 0.3 is 0 Å². The Morgan fingerprint density at radius 2 is 1.82 bits per heavy atom. The Labute approximate surface area is 166 Å². The first-order chi connectivity index (χ1) is 13.6. The van der Waals surface area contributed by atoms with Gasteiger partial charge in [-0.3, -0.25) is 14.6 Å². The Bertz CT molecular complexity index is 802. The van der Waals surface area contributed by atoms with Crippen molar-refractivity contribution < 1.29 is 14.3 Å². The van der Waals surface area contributed by atoms with Crippen molar-refractivity contribution in [1.82, 2.24) is 14.8 Å². The Morgan fingerprint density at radius 1 is 1.14 bits per heavy atom. The molecule has 1 aromatic carbocycles. The van der Waals surface area contributed by atoms with Gasteiger partial charge in [-0.05, 0) is 49.1 Å². The van der Waals surface area contributed by atoms with Crippen molar-refractivity contribution in [3.63, 3.8) is 0 Å². The Morgan fingerprint density at radius 3 is 2.50 bits per heavy atom. The van der Waals surface area contributed by atoms with Gasteiger partial charge < -0.3 is 14.5 Å². The van der Waals surface area contributed by atoms with Crippen LogP contribution in [-0.4, -0.2) is 60.4 Å². The summed E-state index contributed by atoms with van der Waals surface area (Å²) in [5, 5.41) is 0. The van der Waals surface area contributed by atoms with Gasteiger partial charge in [0.1, 0.15) is 5.75 Å². The molecular formula is C22H27N3O3. The van der Waals surface area contributed by atoms with Gasteiger partial charge in [-0.2, -0.15) is 0 Å². The number of piperidine rings is 1. The number of rotatable bonds is 6. The van der Waals surface area contributed by atoms with Crippen LogP contribution in [0.15, 0.2) is 48.8 Å². The lowest BCUT2D eigenvalue weighted by atomic mass is 9.94. The standard InChI is InChI=1S/C22H27N3O3/c1-24(14-9-17-7-12-23-13-8-17)21(26)18-10-15-25(16-11-18)22(27)19-5-3-4-6-20(19)28-2/h3-8,12-13,18H,9-11,14-16H2,1-2H3. The fourth-order valence-electron chi connectivity index (χ4n) is 3.59. The van der Waals surface area contributed by atoms with E-state index in [-0.39, 0.29) is 17.7 Å². The number of methoxy groups -OCH3 is 1. The zero-order valence-corrected chi connectivity index (χ0v) is 16.5. The average Bonchev–Trinajstić information content (AvgIpc) is 2.77. The monoisotopic (exact) mass is 381 g/mol. The van der Waals surface area contributed by atoms with Gasteiger partial charge in [-0.25, -0.2) is 0 Å². The Kier molecular flexibility index (Phi) is 6.63. The van der Waals surface area contributed by atoms with Gasteiger partial charge in [0, 0.05) is 45.0 Å². The summed E-state index contributed by atoms with van der Waals surface area (Å²) in [5.41, 5.74) is 1.75. The maximum Gasteiger partial charge on any atom is 0.257 e. The molecule has 1 aromatic heterocycles. The summed E-state index contributed by atoms with van der Waals surface area (Å²) >= 11 is 0. The minimum Gasteiger partial charge on any atom is -0.496 e. The molecule has 1 aliphatic heterocycles. The zero-order valence-electron chi connectivity index (χ0n) is 16.5. The van der Waals surface area contributed by atoms with Crippen molar-refractivity contribution in [2.24, 2.45) is 5.92 Å². The van der Waals surface area contributed by atoms with Gasteiger partial charge in [0.05, 0.1) is 12.7 Å². The van der Waals surface area contributed by atoms with Crippen LogP contribution in [0.4, 0.5) is 0 Å². The zero-order chi connectivity index (χ0) is 19.9. The largest absolute Gasteiger partial charge is 0.496 e. The summed E-state index contributed by atoms with van der Waals surface area (Å²) in [6.07, 6.45) is 5.74. The number of aromatic nitrogens is 1. The number of para-hydroxylation sites is 1. The fourth-order valence-corrected chi connectivity index (χ4v) is 3.59. The average molecular weight is 381 g/mol. The van der Waals surface area contributed by atoms with Crippen molar-refractivity contribution in [1.29, 1.82) is 0 Å². The first-order valence-electron chi connectivity index (χ1n) is 9.66. The summed E-state index contributed by atoms with van der Waals surface area (Å²) in [5.74, 6) is 0.693. The second-order valence-electron chi connectivity index (χ2n) is 7.13. The highest BCUT2D eigenvalue weighted by Crippen LogP contribution is 2.24. The number of hydrogen-bond donors (Lipinski definition) is 0. The molecule has 6 nitrogen and oxygen atoms in total. The molecule has 1 saturated heterocycles. The van der Waals surface area contributed by atoms with Crippen LogP contribution in [0.2, 0.25) is 0 Å². The molecule has 0 saturated carbocycles. The molecule has 3 rings (SSSR count). The number of benzene rings is 1. The number of carbonyl (C=O) groups excluding carboxylic acids is 2. The normalized spacial score (nSPS) is 14.6. The second-order valence-corrected chi connectivity index (χ2v) is 7.13. The van der Waals surface area contributed by atoms with Gasteiger partial charge in [-0.15, -0.1) is 0 Å². The fraction of sp³-hybridized carbons (Fsp3) is 0.409. The number of nitrogens with zero attached hydrogens (tertiary/aromatic N) is 3. The third-order valence-electron chi connectivity index (χ3n) is 5.33. The van der Waals surface area contributed by atoms with Crippen LogP contribution in [0.3, 0.4) is 0 Å². The maximum atomic E-state index is 12.8. The van der Waals surface area contributed by atoms with E-state index in [0.717, 1.165) is 6.42 Å². The number of amides is 2. The maximum absolute atomic E-state index is 12.8. The molecule has 2 heterocycles. The first-order valence-corrected chi connectivity index (χ1v) is 9.66. The van der Waals surface area contributed by atoms with Crippen LogP contribution in [0.25, 0.3) is 0 Å². The van der Waals surface area contributed by atoms with Crippen LogP contribution >= 0.6 is 0 Å². The van der Waals surface area contributed by atoms with E-state index in [1.165, 1.54) is 5.56 Å². The summed E-state index contributed by atoms with van der Waals surface area (Å²) in [7, 11) is 3.43. The van der Waals surface area contributed by atoms with Gasteiger partial charge in [0.25, 0.3) is 5.91 Å². The summed E-state index contributed by atoms with van der Waals surface area (Å²) in [6.45, 7) is 1.86. The lowest BCUT2D eigenvalue weighted by Crippen LogP contribution is -2.44. The number of carbonyl (C=O) groups is 2. The molecule has 1 aliphatic rings. The number of pyridine rings is 1. The van der Waals surface area contributed by atoms with Crippen molar-refractivity contribution in [3.8, 4) is 5.75 Å².